The highest BCUT2D eigenvalue weighted by atomic mass is 16.5. The van der Waals surface area contributed by atoms with Gasteiger partial charge in [-0.2, -0.15) is 0 Å². The number of carbonyl (C=O) groups excluding carboxylic acids is 1. The van der Waals surface area contributed by atoms with E-state index in [-0.39, 0.29) is 24.6 Å². The van der Waals surface area contributed by atoms with Crippen molar-refractivity contribution in [2.45, 2.75) is 50.7 Å². The van der Waals surface area contributed by atoms with Gasteiger partial charge in [0, 0.05) is 19.1 Å². The lowest BCUT2D eigenvalue weighted by molar-refractivity contribution is -0.145. The summed E-state index contributed by atoms with van der Waals surface area (Å²) in [6.07, 6.45) is 5.31. The van der Waals surface area contributed by atoms with Gasteiger partial charge < -0.3 is 14.7 Å². The number of hydrogen-bond donors (Lipinski definition) is 1. The molecule has 0 aromatic heterocycles. The van der Waals surface area contributed by atoms with Gasteiger partial charge in [0.05, 0.1) is 6.10 Å². The molecule has 1 N–H and O–H groups in total. The van der Waals surface area contributed by atoms with Crippen molar-refractivity contribution in [1.29, 1.82) is 0 Å². The zero-order valence-corrected chi connectivity index (χ0v) is 9.93. The third-order valence-electron chi connectivity index (χ3n) is 3.32. The topological polar surface area (TPSA) is 66.8 Å². The first kappa shape index (κ1) is 12.4. The molecule has 5 heteroatoms. The van der Waals surface area contributed by atoms with E-state index < -0.39 is 5.97 Å². The highest BCUT2D eigenvalue weighted by Gasteiger charge is 2.33. The summed E-state index contributed by atoms with van der Waals surface area (Å²) < 4.78 is 5.45. The monoisotopic (exact) mass is 241 g/mol. The van der Waals surface area contributed by atoms with Gasteiger partial charge in [0.15, 0.2) is 0 Å². The van der Waals surface area contributed by atoms with E-state index in [9.17, 15) is 9.59 Å². The maximum absolute atomic E-state index is 11.9. The Labute approximate surface area is 101 Å². The van der Waals surface area contributed by atoms with E-state index in [4.69, 9.17) is 9.84 Å². The van der Waals surface area contributed by atoms with Gasteiger partial charge in [-0.05, 0) is 32.1 Å². The quantitative estimate of drug-likeness (QED) is 0.754. The number of nitrogens with zero attached hydrogens (tertiary/aromatic N) is 1. The SMILES string of the molecule is O=C(O)CN(C(=O)CC[C@@H]1CCCO1)C1CC1. The summed E-state index contributed by atoms with van der Waals surface area (Å²) in [4.78, 5) is 24.1. The van der Waals surface area contributed by atoms with E-state index in [0.29, 0.717) is 6.42 Å². The molecule has 17 heavy (non-hydrogen) atoms. The highest BCUT2D eigenvalue weighted by Crippen LogP contribution is 2.28. The Balaban J connectivity index is 1.77. The number of aliphatic carboxylic acids is 1. The zero-order chi connectivity index (χ0) is 12.3. The minimum atomic E-state index is -0.928. The Hall–Kier alpha value is -1.10. The lowest BCUT2D eigenvalue weighted by Gasteiger charge is -2.20. The molecule has 1 aliphatic carbocycles. The third-order valence-corrected chi connectivity index (χ3v) is 3.32. The minimum Gasteiger partial charge on any atom is -0.480 e. The molecule has 0 aromatic carbocycles. The molecular weight excluding hydrogens is 222 g/mol. The Morgan fingerprint density at radius 1 is 1.29 bits per heavy atom. The van der Waals surface area contributed by atoms with Crippen molar-refractivity contribution < 1.29 is 19.4 Å². The van der Waals surface area contributed by atoms with Gasteiger partial charge in [0.1, 0.15) is 6.54 Å². The summed E-state index contributed by atoms with van der Waals surface area (Å²) in [7, 11) is 0. The van der Waals surface area contributed by atoms with Crippen molar-refractivity contribution in [1.82, 2.24) is 4.90 Å². The fraction of sp³-hybridized carbons (Fsp3) is 0.833. The van der Waals surface area contributed by atoms with E-state index in [1.165, 1.54) is 4.90 Å². The Morgan fingerprint density at radius 3 is 2.59 bits per heavy atom. The van der Waals surface area contributed by atoms with Gasteiger partial charge >= 0.3 is 5.97 Å². The standard InChI is InChI=1S/C12H19NO4/c14-11(6-5-10-2-1-7-17-10)13(8-12(15)16)9-3-4-9/h9-10H,1-8H2,(H,15,16)/t10-/m0/s1. The first-order valence-corrected chi connectivity index (χ1v) is 6.29. The minimum absolute atomic E-state index is 0.0367. The van der Waals surface area contributed by atoms with Crippen molar-refractivity contribution in [3.8, 4) is 0 Å². The van der Waals surface area contributed by atoms with Gasteiger partial charge in [-0.25, -0.2) is 0 Å². The van der Waals surface area contributed by atoms with Crippen LogP contribution in [0.4, 0.5) is 0 Å². The molecule has 2 aliphatic rings. The lowest BCUT2D eigenvalue weighted by atomic mass is 10.1. The predicted molar refractivity (Wildman–Crippen MR) is 60.6 cm³/mol. The molecule has 0 radical (unpaired) electrons. The maximum atomic E-state index is 11.9. The molecule has 0 bridgehead atoms. The van der Waals surface area contributed by atoms with Crippen LogP contribution in [0.1, 0.15) is 38.5 Å². The number of hydrogen-bond acceptors (Lipinski definition) is 3. The smallest absolute Gasteiger partial charge is 0.323 e. The van der Waals surface area contributed by atoms with Crippen molar-refractivity contribution in [2.75, 3.05) is 13.2 Å². The summed E-state index contributed by atoms with van der Waals surface area (Å²) >= 11 is 0. The number of carboxylic acid groups (broad SMARTS) is 1. The van der Waals surface area contributed by atoms with Crippen LogP contribution in [0.5, 0.6) is 0 Å². The van der Waals surface area contributed by atoms with Crippen molar-refractivity contribution >= 4 is 11.9 Å². The molecule has 1 heterocycles. The molecule has 5 nitrogen and oxygen atoms in total. The van der Waals surface area contributed by atoms with Gasteiger partial charge in [-0.1, -0.05) is 0 Å². The summed E-state index contributed by atoms with van der Waals surface area (Å²) in [5.74, 6) is -0.965. The van der Waals surface area contributed by atoms with E-state index in [1.807, 2.05) is 0 Å². The fourth-order valence-corrected chi connectivity index (χ4v) is 2.25. The number of ether oxygens (including phenoxy) is 1. The molecule has 0 spiro atoms. The van der Waals surface area contributed by atoms with E-state index >= 15 is 0 Å². The van der Waals surface area contributed by atoms with Crippen LogP contribution in [0.3, 0.4) is 0 Å². The van der Waals surface area contributed by atoms with Crippen LogP contribution in [0, 0.1) is 0 Å². The second-order valence-corrected chi connectivity index (χ2v) is 4.82. The largest absolute Gasteiger partial charge is 0.480 e. The van der Waals surface area contributed by atoms with Crippen molar-refractivity contribution in [3.05, 3.63) is 0 Å². The molecule has 1 atom stereocenters. The molecular formula is C12H19NO4. The summed E-state index contributed by atoms with van der Waals surface area (Å²) in [6.45, 7) is 0.634. The Morgan fingerprint density at radius 2 is 2.06 bits per heavy atom. The Bertz CT molecular complexity index is 295. The number of carboxylic acids is 1. The second-order valence-electron chi connectivity index (χ2n) is 4.82. The molecule has 1 aliphatic heterocycles. The molecule has 2 rings (SSSR count). The fourth-order valence-electron chi connectivity index (χ4n) is 2.25. The van der Waals surface area contributed by atoms with Gasteiger partial charge in [0.2, 0.25) is 5.91 Å². The van der Waals surface area contributed by atoms with E-state index in [1.54, 1.807) is 0 Å². The summed E-state index contributed by atoms with van der Waals surface area (Å²) in [5.41, 5.74) is 0. The van der Waals surface area contributed by atoms with Crippen molar-refractivity contribution in [2.24, 2.45) is 0 Å². The van der Waals surface area contributed by atoms with Crippen LogP contribution in [0.25, 0.3) is 0 Å². The van der Waals surface area contributed by atoms with E-state index in [0.717, 1.165) is 38.7 Å². The molecule has 96 valence electrons. The first-order chi connectivity index (χ1) is 8.16. The molecule has 0 unspecified atom stereocenters. The van der Waals surface area contributed by atoms with Crippen LogP contribution >= 0.6 is 0 Å². The molecule has 1 saturated heterocycles. The van der Waals surface area contributed by atoms with Crippen LogP contribution in [0.2, 0.25) is 0 Å². The average molecular weight is 241 g/mol. The lowest BCUT2D eigenvalue weighted by Crippen LogP contribution is -2.37. The zero-order valence-electron chi connectivity index (χ0n) is 9.93. The number of carbonyl (C=O) groups is 2. The van der Waals surface area contributed by atoms with Crippen molar-refractivity contribution in [3.63, 3.8) is 0 Å². The van der Waals surface area contributed by atoms with Crippen LogP contribution < -0.4 is 0 Å². The van der Waals surface area contributed by atoms with Crippen LogP contribution in [0.15, 0.2) is 0 Å². The Kier molecular flexibility index (Phi) is 3.99. The average Bonchev–Trinajstić information content (AvgIpc) is 2.99. The van der Waals surface area contributed by atoms with Gasteiger partial charge in [0.25, 0.3) is 0 Å². The van der Waals surface area contributed by atoms with Gasteiger partial charge in [-0.15, -0.1) is 0 Å². The number of rotatable bonds is 6. The van der Waals surface area contributed by atoms with Crippen LogP contribution in [-0.4, -0.2) is 47.2 Å². The van der Waals surface area contributed by atoms with E-state index in [2.05, 4.69) is 0 Å². The third kappa shape index (κ3) is 3.70. The molecule has 1 saturated carbocycles. The highest BCUT2D eigenvalue weighted by molar-refractivity contribution is 5.81. The second kappa shape index (κ2) is 5.49. The molecule has 0 aromatic rings. The molecule has 2 fully saturated rings. The van der Waals surface area contributed by atoms with Gasteiger partial charge in [-0.3, -0.25) is 9.59 Å². The summed E-state index contributed by atoms with van der Waals surface area (Å²) in [5, 5.41) is 8.77. The summed E-state index contributed by atoms with van der Waals surface area (Å²) in [6, 6.07) is 0.170. The maximum Gasteiger partial charge on any atom is 0.323 e. The number of amides is 1. The van der Waals surface area contributed by atoms with Crippen LogP contribution in [-0.2, 0) is 14.3 Å². The molecule has 1 amide bonds. The normalized spacial score (nSPS) is 23.6. The first-order valence-electron chi connectivity index (χ1n) is 6.29. The predicted octanol–water partition coefficient (Wildman–Crippen LogP) is 1.02.